The van der Waals surface area contributed by atoms with Crippen LogP contribution in [0.15, 0.2) is 71.8 Å². The maximum atomic E-state index is 13.4. The molecular weight excluding hydrogens is 473 g/mol. The van der Waals surface area contributed by atoms with Crippen molar-refractivity contribution in [3.8, 4) is 11.6 Å². The second-order valence-electron chi connectivity index (χ2n) is 7.96. The minimum absolute atomic E-state index is 0.171. The Bertz CT molecular complexity index is 1260. The van der Waals surface area contributed by atoms with Gasteiger partial charge in [0.05, 0.1) is 18.1 Å². The normalized spacial score (nSPS) is 14.4. The van der Waals surface area contributed by atoms with Gasteiger partial charge in [0.25, 0.3) is 0 Å². The molecule has 1 aromatic heterocycles. The highest BCUT2D eigenvalue weighted by molar-refractivity contribution is 7.89. The van der Waals surface area contributed by atoms with E-state index in [0.29, 0.717) is 44.0 Å². The summed E-state index contributed by atoms with van der Waals surface area (Å²) in [5.41, 5.74) is 1.51. The summed E-state index contributed by atoms with van der Waals surface area (Å²) in [4.78, 5) is 16.8. The second-order valence-corrected chi connectivity index (χ2v) is 9.90. The van der Waals surface area contributed by atoms with Crippen molar-refractivity contribution in [2.75, 3.05) is 26.3 Å². The molecule has 1 saturated heterocycles. The summed E-state index contributed by atoms with van der Waals surface area (Å²) < 4.78 is 51.2. The van der Waals surface area contributed by atoms with Crippen LogP contribution in [0.5, 0.6) is 11.6 Å². The number of nitrogens with one attached hydrogen (secondary N) is 1. The number of carbonyl (C=O) groups is 1. The van der Waals surface area contributed by atoms with Gasteiger partial charge in [0.2, 0.25) is 21.8 Å². The van der Waals surface area contributed by atoms with Crippen LogP contribution in [0.4, 0.5) is 4.39 Å². The number of hydrogen-bond donors (Lipinski definition) is 1. The van der Waals surface area contributed by atoms with Crippen LogP contribution in [0, 0.1) is 5.82 Å². The van der Waals surface area contributed by atoms with Gasteiger partial charge in [-0.1, -0.05) is 24.3 Å². The number of aromatic nitrogens is 1. The lowest BCUT2D eigenvalue weighted by Gasteiger charge is -2.26. The molecule has 35 heavy (non-hydrogen) atoms. The van der Waals surface area contributed by atoms with Crippen LogP contribution in [0.2, 0.25) is 0 Å². The van der Waals surface area contributed by atoms with Gasteiger partial charge in [-0.25, -0.2) is 17.8 Å². The number of nitrogens with zero attached hydrogens (tertiary/aromatic N) is 2. The molecule has 2 aromatic carbocycles. The van der Waals surface area contributed by atoms with Crippen molar-refractivity contribution < 1.29 is 27.1 Å². The Kier molecular flexibility index (Phi) is 8.06. The molecule has 0 radical (unpaired) electrons. The zero-order chi connectivity index (χ0) is 24.7. The van der Waals surface area contributed by atoms with Gasteiger partial charge in [0, 0.05) is 43.9 Å². The van der Waals surface area contributed by atoms with E-state index in [1.165, 1.54) is 16.4 Å². The van der Waals surface area contributed by atoms with Gasteiger partial charge < -0.3 is 14.8 Å². The second kappa shape index (κ2) is 11.4. The highest BCUT2D eigenvalue weighted by Gasteiger charge is 2.26. The molecular formula is C25H26FN3O5S. The van der Waals surface area contributed by atoms with Gasteiger partial charge in [0.1, 0.15) is 11.6 Å². The molecule has 0 saturated carbocycles. The van der Waals surface area contributed by atoms with Crippen molar-refractivity contribution >= 4 is 15.9 Å². The maximum absolute atomic E-state index is 13.4. The molecule has 1 N–H and O–H groups in total. The van der Waals surface area contributed by atoms with Gasteiger partial charge in [0.15, 0.2) is 0 Å². The molecule has 0 spiro atoms. The highest BCUT2D eigenvalue weighted by atomic mass is 32.2. The van der Waals surface area contributed by atoms with Crippen LogP contribution in [0.25, 0.3) is 0 Å². The van der Waals surface area contributed by atoms with E-state index in [1.54, 1.807) is 54.7 Å². The van der Waals surface area contributed by atoms with Crippen molar-refractivity contribution in [3.63, 3.8) is 0 Å². The van der Waals surface area contributed by atoms with Crippen LogP contribution in [-0.4, -0.2) is 49.9 Å². The Hall–Kier alpha value is -3.34. The Balaban J connectivity index is 1.29. The first kappa shape index (κ1) is 24.8. The van der Waals surface area contributed by atoms with Crippen LogP contribution in [-0.2, 0) is 32.5 Å². The third-order valence-corrected chi connectivity index (χ3v) is 7.42. The van der Waals surface area contributed by atoms with E-state index in [1.807, 2.05) is 0 Å². The maximum Gasteiger partial charge on any atom is 0.243 e. The van der Waals surface area contributed by atoms with Crippen molar-refractivity contribution in [1.82, 2.24) is 14.6 Å². The van der Waals surface area contributed by atoms with E-state index in [0.717, 1.165) is 5.56 Å². The summed E-state index contributed by atoms with van der Waals surface area (Å²) in [7, 11) is -3.54. The van der Waals surface area contributed by atoms with E-state index in [4.69, 9.17) is 9.47 Å². The standard InChI is InChI=1S/C25H26FN3O5S/c26-21-4-1-5-22(17-21)34-25-20(3-2-12-27-25)18-28-24(30)11-8-19-6-9-23(10-7-19)35(31,32)29-13-15-33-16-14-29/h1-7,9-10,12,17H,8,11,13-16,18H2,(H,28,30). The van der Waals surface area contributed by atoms with Crippen LogP contribution in [0.3, 0.4) is 0 Å². The summed E-state index contributed by atoms with van der Waals surface area (Å²) in [5, 5.41) is 2.84. The molecule has 1 aliphatic rings. The predicted molar refractivity (Wildman–Crippen MR) is 127 cm³/mol. The average molecular weight is 500 g/mol. The molecule has 8 nitrogen and oxygen atoms in total. The molecule has 3 aromatic rings. The molecule has 2 heterocycles. The summed E-state index contributed by atoms with van der Waals surface area (Å²) in [6.07, 6.45) is 2.25. The fourth-order valence-electron chi connectivity index (χ4n) is 3.60. The van der Waals surface area contributed by atoms with E-state index in [-0.39, 0.29) is 29.6 Å². The quantitative estimate of drug-likeness (QED) is 0.485. The molecule has 0 bridgehead atoms. The Morgan fingerprint density at radius 1 is 1.09 bits per heavy atom. The first-order chi connectivity index (χ1) is 16.9. The SMILES string of the molecule is O=C(CCc1ccc(S(=O)(=O)N2CCOCC2)cc1)NCc1cccnc1Oc1cccc(F)c1. The number of halogens is 1. The first-order valence-electron chi connectivity index (χ1n) is 11.2. The molecule has 184 valence electrons. The molecule has 1 amide bonds. The van der Waals surface area contributed by atoms with Gasteiger partial charge in [-0.2, -0.15) is 4.31 Å². The number of carbonyl (C=O) groups excluding carboxylic acids is 1. The van der Waals surface area contributed by atoms with Gasteiger partial charge in [-0.05, 0) is 42.3 Å². The van der Waals surface area contributed by atoms with Crippen LogP contribution < -0.4 is 10.1 Å². The van der Waals surface area contributed by atoms with Gasteiger partial charge >= 0.3 is 0 Å². The van der Waals surface area contributed by atoms with Crippen molar-refractivity contribution in [2.45, 2.75) is 24.3 Å². The fourth-order valence-corrected chi connectivity index (χ4v) is 5.00. The topological polar surface area (TPSA) is 97.8 Å². The number of pyridine rings is 1. The minimum Gasteiger partial charge on any atom is -0.439 e. The Morgan fingerprint density at radius 3 is 2.60 bits per heavy atom. The molecule has 4 rings (SSSR count). The molecule has 10 heteroatoms. The lowest BCUT2D eigenvalue weighted by molar-refractivity contribution is -0.121. The Labute approximate surface area is 203 Å². The molecule has 1 fully saturated rings. The number of rotatable bonds is 9. The number of aryl methyl sites for hydroxylation is 1. The summed E-state index contributed by atoms with van der Waals surface area (Å²) >= 11 is 0. The third kappa shape index (κ3) is 6.62. The molecule has 1 aliphatic heterocycles. The number of sulfonamides is 1. The predicted octanol–water partition coefficient (Wildman–Crippen LogP) is 3.28. The largest absolute Gasteiger partial charge is 0.439 e. The van der Waals surface area contributed by atoms with E-state index in [2.05, 4.69) is 10.3 Å². The third-order valence-electron chi connectivity index (χ3n) is 5.51. The van der Waals surface area contributed by atoms with Crippen molar-refractivity contribution in [1.29, 1.82) is 0 Å². The lowest BCUT2D eigenvalue weighted by atomic mass is 10.1. The summed E-state index contributed by atoms with van der Waals surface area (Å²) in [5.74, 6) is 0.0152. The van der Waals surface area contributed by atoms with E-state index in [9.17, 15) is 17.6 Å². The van der Waals surface area contributed by atoms with Crippen LogP contribution >= 0.6 is 0 Å². The lowest BCUT2D eigenvalue weighted by Crippen LogP contribution is -2.40. The van der Waals surface area contributed by atoms with Crippen LogP contribution in [0.1, 0.15) is 17.5 Å². The number of benzene rings is 2. The van der Waals surface area contributed by atoms with E-state index >= 15 is 0 Å². The highest BCUT2D eigenvalue weighted by Crippen LogP contribution is 2.23. The monoisotopic (exact) mass is 499 g/mol. The number of morpholine rings is 1. The zero-order valence-corrected chi connectivity index (χ0v) is 19.8. The zero-order valence-electron chi connectivity index (χ0n) is 19.0. The number of hydrogen-bond acceptors (Lipinski definition) is 6. The smallest absolute Gasteiger partial charge is 0.243 e. The molecule has 0 aliphatic carbocycles. The van der Waals surface area contributed by atoms with Gasteiger partial charge in [-0.3, -0.25) is 4.79 Å². The summed E-state index contributed by atoms with van der Waals surface area (Å²) in [6, 6.07) is 15.9. The van der Waals surface area contributed by atoms with Gasteiger partial charge in [-0.15, -0.1) is 0 Å². The number of ether oxygens (including phenoxy) is 2. The molecule has 0 atom stereocenters. The summed E-state index contributed by atoms with van der Waals surface area (Å²) in [6.45, 7) is 1.67. The minimum atomic E-state index is -3.54. The molecule has 0 unspecified atom stereocenters. The van der Waals surface area contributed by atoms with E-state index < -0.39 is 15.8 Å². The fraction of sp³-hybridized carbons (Fsp3) is 0.280. The Morgan fingerprint density at radius 2 is 1.86 bits per heavy atom. The van der Waals surface area contributed by atoms with Crippen molar-refractivity contribution in [3.05, 3.63) is 83.8 Å². The van der Waals surface area contributed by atoms with Crippen molar-refractivity contribution in [2.24, 2.45) is 0 Å². The average Bonchev–Trinajstić information content (AvgIpc) is 2.88. The number of amides is 1. The first-order valence-corrected chi connectivity index (χ1v) is 12.7.